The summed E-state index contributed by atoms with van der Waals surface area (Å²) in [7, 11) is 1.80. The second-order valence-electron chi connectivity index (χ2n) is 4.34. The van der Waals surface area contributed by atoms with Crippen LogP contribution in [-0.4, -0.2) is 25.8 Å². The number of hydrogen-bond acceptors (Lipinski definition) is 4. The molecule has 0 unspecified atom stereocenters. The van der Waals surface area contributed by atoms with Crippen LogP contribution in [0, 0.1) is 20.8 Å². The third kappa shape index (κ3) is 2.42. The molecular weight excluding hydrogens is 246 g/mol. The standard InChI is InChI=1S/C13H15N3O3/c1-7-5-6-10(13(17)18)12(14-7)19-11-8(2)15-16(4)9(11)3/h5-6H,1-4H3,(H,17,18). The molecule has 0 aliphatic carbocycles. The van der Waals surface area contributed by atoms with Gasteiger partial charge < -0.3 is 9.84 Å². The average Bonchev–Trinajstić information content (AvgIpc) is 2.56. The summed E-state index contributed by atoms with van der Waals surface area (Å²) in [5.41, 5.74) is 2.24. The maximum Gasteiger partial charge on any atom is 0.341 e. The predicted molar refractivity (Wildman–Crippen MR) is 68.7 cm³/mol. The molecule has 0 spiro atoms. The van der Waals surface area contributed by atoms with Crippen LogP contribution in [0.15, 0.2) is 12.1 Å². The lowest BCUT2D eigenvalue weighted by Gasteiger charge is -2.08. The maximum absolute atomic E-state index is 11.2. The number of aromatic nitrogens is 3. The second kappa shape index (κ2) is 4.72. The zero-order valence-electron chi connectivity index (χ0n) is 11.3. The van der Waals surface area contributed by atoms with Crippen LogP contribution in [0.1, 0.15) is 27.4 Å². The lowest BCUT2D eigenvalue weighted by Crippen LogP contribution is -2.03. The van der Waals surface area contributed by atoms with Crippen molar-refractivity contribution in [1.82, 2.24) is 14.8 Å². The average molecular weight is 261 g/mol. The second-order valence-corrected chi connectivity index (χ2v) is 4.34. The van der Waals surface area contributed by atoms with E-state index >= 15 is 0 Å². The third-order valence-corrected chi connectivity index (χ3v) is 2.87. The lowest BCUT2D eigenvalue weighted by atomic mass is 10.2. The Kier molecular flexibility index (Phi) is 3.25. The summed E-state index contributed by atoms with van der Waals surface area (Å²) in [6.45, 7) is 5.44. The van der Waals surface area contributed by atoms with E-state index in [1.807, 2.05) is 6.92 Å². The molecule has 0 saturated carbocycles. The smallest absolute Gasteiger partial charge is 0.341 e. The zero-order chi connectivity index (χ0) is 14.2. The molecule has 6 nitrogen and oxygen atoms in total. The first kappa shape index (κ1) is 13.1. The Labute approximate surface area is 110 Å². The zero-order valence-corrected chi connectivity index (χ0v) is 11.3. The van der Waals surface area contributed by atoms with Gasteiger partial charge in [-0.1, -0.05) is 0 Å². The summed E-state index contributed by atoms with van der Waals surface area (Å²) >= 11 is 0. The number of aromatic carboxylic acids is 1. The van der Waals surface area contributed by atoms with Crippen molar-refractivity contribution in [2.45, 2.75) is 20.8 Å². The van der Waals surface area contributed by atoms with Crippen molar-refractivity contribution in [2.75, 3.05) is 0 Å². The Morgan fingerprint density at radius 2 is 2.00 bits per heavy atom. The highest BCUT2D eigenvalue weighted by Gasteiger charge is 2.18. The SMILES string of the molecule is Cc1ccc(C(=O)O)c(Oc2c(C)nn(C)c2C)n1. The molecule has 0 amide bonds. The Morgan fingerprint density at radius 1 is 1.32 bits per heavy atom. The molecule has 0 aliphatic rings. The Morgan fingerprint density at radius 3 is 2.53 bits per heavy atom. The van der Waals surface area contributed by atoms with Crippen molar-refractivity contribution >= 4 is 5.97 Å². The number of nitrogens with zero attached hydrogens (tertiary/aromatic N) is 3. The maximum atomic E-state index is 11.2. The summed E-state index contributed by atoms with van der Waals surface area (Å²) in [4.78, 5) is 15.3. The molecule has 0 aliphatic heterocycles. The molecule has 2 aromatic heterocycles. The van der Waals surface area contributed by atoms with E-state index in [-0.39, 0.29) is 11.4 Å². The van der Waals surface area contributed by atoms with Gasteiger partial charge in [0.1, 0.15) is 11.3 Å². The van der Waals surface area contributed by atoms with Crippen LogP contribution in [0.25, 0.3) is 0 Å². The third-order valence-electron chi connectivity index (χ3n) is 2.87. The van der Waals surface area contributed by atoms with Crippen molar-refractivity contribution in [3.8, 4) is 11.6 Å². The van der Waals surface area contributed by atoms with Crippen molar-refractivity contribution in [1.29, 1.82) is 0 Å². The molecule has 2 aromatic rings. The van der Waals surface area contributed by atoms with Crippen LogP contribution in [0.5, 0.6) is 11.6 Å². The number of carboxylic acids is 1. The van der Waals surface area contributed by atoms with Gasteiger partial charge >= 0.3 is 5.97 Å². The highest BCUT2D eigenvalue weighted by Crippen LogP contribution is 2.29. The lowest BCUT2D eigenvalue weighted by molar-refractivity contribution is 0.0693. The summed E-state index contributed by atoms with van der Waals surface area (Å²) in [5, 5.41) is 13.4. The van der Waals surface area contributed by atoms with Crippen LogP contribution in [-0.2, 0) is 7.05 Å². The largest absolute Gasteiger partial charge is 0.477 e. The van der Waals surface area contributed by atoms with Crippen LogP contribution >= 0.6 is 0 Å². The van der Waals surface area contributed by atoms with E-state index in [0.29, 0.717) is 17.1 Å². The quantitative estimate of drug-likeness (QED) is 0.916. The molecular formula is C13H15N3O3. The Bertz CT molecular complexity index is 647. The van der Waals surface area contributed by atoms with E-state index < -0.39 is 5.97 Å². The van der Waals surface area contributed by atoms with Crippen molar-refractivity contribution in [2.24, 2.45) is 7.05 Å². The number of ether oxygens (including phenoxy) is 1. The highest BCUT2D eigenvalue weighted by atomic mass is 16.5. The van der Waals surface area contributed by atoms with Crippen LogP contribution in [0.2, 0.25) is 0 Å². The van der Waals surface area contributed by atoms with Gasteiger partial charge in [-0.3, -0.25) is 4.68 Å². The minimum atomic E-state index is -1.07. The molecule has 1 N–H and O–H groups in total. The number of pyridine rings is 1. The fraction of sp³-hybridized carbons (Fsp3) is 0.308. The molecule has 2 heterocycles. The summed E-state index contributed by atoms with van der Waals surface area (Å²) in [6, 6.07) is 3.13. The van der Waals surface area contributed by atoms with Crippen LogP contribution in [0.4, 0.5) is 0 Å². The fourth-order valence-electron chi connectivity index (χ4n) is 1.77. The van der Waals surface area contributed by atoms with Gasteiger partial charge in [0.05, 0.1) is 5.69 Å². The molecule has 2 rings (SSSR count). The first-order valence-corrected chi connectivity index (χ1v) is 5.79. The van der Waals surface area contributed by atoms with Crippen LogP contribution in [0.3, 0.4) is 0 Å². The van der Waals surface area contributed by atoms with Gasteiger partial charge in [0.25, 0.3) is 0 Å². The molecule has 100 valence electrons. The molecule has 0 bridgehead atoms. The Balaban J connectivity index is 2.48. The molecule has 0 radical (unpaired) electrons. The number of aryl methyl sites for hydroxylation is 3. The van der Waals surface area contributed by atoms with Gasteiger partial charge in [-0.05, 0) is 32.9 Å². The van der Waals surface area contributed by atoms with E-state index in [1.165, 1.54) is 6.07 Å². The predicted octanol–water partition coefficient (Wildman–Crippen LogP) is 2.23. The van der Waals surface area contributed by atoms with Crippen molar-refractivity contribution < 1.29 is 14.6 Å². The van der Waals surface area contributed by atoms with Gasteiger partial charge in [-0.25, -0.2) is 9.78 Å². The van der Waals surface area contributed by atoms with Gasteiger partial charge in [-0.2, -0.15) is 5.10 Å². The van der Waals surface area contributed by atoms with E-state index in [4.69, 9.17) is 9.84 Å². The molecule has 19 heavy (non-hydrogen) atoms. The summed E-state index contributed by atoms with van der Waals surface area (Å²) in [5.74, 6) is -0.434. The van der Waals surface area contributed by atoms with Gasteiger partial charge in [0.2, 0.25) is 5.88 Å². The van der Waals surface area contributed by atoms with Crippen molar-refractivity contribution in [3.63, 3.8) is 0 Å². The van der Waals surface area contributed by atoms with E-state index in [2.05, 4.69) is 10.1 Å². The van der Waals surface area contributed by atoms with Gasteiger partial charge in [-0.15, -0.1) is 0 Å². The van der Waals surface area contributed by atoms with Gasteiger partial charge in [0, 0.05) is 12.7 Å². The summed E-state index contributed by atoms with van der Waals surface area (Å²) in [6.07, 6.45) is 0. The molecule has 0 aromatic carbocycles. The molecule has 0 atom stereocenters. The number of carboxylic acid groups (broad SMARTS) is 1. The highest BCUT2D eigenvalue weighted by molar-refractivity contribution is 5.90. The minimum Gasteiger partial charge on any atom is -0.477 e. The molecule has 0 fully saturated rings. The topological polar surface area (TPSA) is 77.2 Å². The number of rotatable bonds is 3. The minimum absolute atomic E-state index is 0.0354. The number of carbonyl (C=O) groups is 1. The van der Waals surface area contributed by atoms with E-state index in [1.54, 1.807) is 31.6 Å². The number of hydrogen-bond donors (Lipinski definition) is 1. The normalized spacial score (nSPS) is 10.5. The molecule has 0 saturated heterocycles. The molecule has 6 heteroatoms. The Hall–Kier alpha value is -2.37. The summed E-state index contributed by atoms with van der Waals surface area (Å²) < 4.78 is 7.34. The van der Waals surface area contributed by atoms with Gasteiger partial charge in [0.15, 0.2) is 5.75 Å². The van der Waals surface area contributed by atoms with Crippen molar-refractivity contribution in [3.05, 3.63) is 34.8 Å². The van der Waals surface area contributed by atoms with E-state index in [0.717, 1.165) is 5.69 Å². The fourth-order valence-corrected chi connectivity index (χ4v) is 1.77. The van der Waals surface area contributed by atoms with Crippen LogP contribution < -0.4 is 4.74 Å². The first-order valence-electron chi connectivity index (χ1n) is 5.79. The monoisotopic (exact) mass is 261 g/mol. The van der Waals surface area contributed by atoms with E-state index in [9.17, 15) is 4.79 Å². The first-order chi connectivity index (χ1) is 8.90.